The number of rotatable bonds is 4. The van der Waals surface area contributed by atoms with E-state index in [1.807, 2.05) is 6.07 Å². The van der Waals surface area contributed by atoms with Gasteiger partial charge >= 0.3 is 0 Å². The lowest BCUT2D eigenvalue weighted by atomic mass is 9.98. The molecule has 0 unspecified atom stereocenters. The molecule has 7 heteroatoms. The second-order valence-electron chi connectivity index (χ2n) is 7.42. The third kappa shape index (κ3) is 4.49. The van der Waals surface area contributed by atoms with Crippen LogP contribution in [0.25, 0.3) is 0 Å². The summed E-state index contributed by atoms with van der Waals surface area (Å²) in [7, 11) is 0. The molecule has 0 bridgehead atoms. The highest BCUT2D eigenvalue weighted by atomic mass is 35.5. The van der Waals surface area contributed by atoms with Crippen LogP contribution in [0.1, 0.15) is 32.7 Å². The number of nitrogens with zero attached hydrogens (tertiary/aromatic N) is 2. The summed E-state index contributed by atoms with van der Waals surface area (Å²) in [4.78, 5) is 40.7. The average Bonchev–Trinajstić information content (AvgIpc) is 2.73. The lowest BCUT2D eigenvalue weighted by Crippen LogP contribution is -2.49. The number of carbonyl (C=O) groups excluding carboxylic acids is 3. The van der Waals surface area contributed by atoms with E-state index in [2.05, 4.69) is 10.2 Å². The van der Waals surface area contributed by atoms with Crippen molar-refractivity contribution in [2.24, 2.45) is 0 Å². The van der Waals surface area contributed by atoms with Crippen molar-refractivity contribution in [1.29, 1.82) is 0 Å². The number of Topliss-reactive ketones (excluding diaryl/α,β-unsaturated/α-hetero) is 1. The maximum absolute atomic E-state index is 12.7. The highest BCUT2D eigenvalue weighted by Crippen LogP contribution is 2.24. The fraction of sp³-hybridized carbons (Fsp3) is 0.318. The number of piperazine rings is 1. The van der Waals surface area contributed by atoms with E-state index in [4.69, 9.17) is 11.6 Å². The molecule has 4 rings (SSSR count). The van der Waals surface area contributed by atoms with Crippen LogP contribution in [0.15, 0.2) is 42.5 Å². The SMILES string of the molecule is O=C1CCc2cc(C(=O)CN3CCN(C(=O)c4cccc(Cl)c4)CC3)ccc2N1. The van der Waals surface area contributed by atoms with Gasteiger partial charge in [-0.15, -0.1) is 0 Å². The standard InChI is InChI=1S/C22H22ClN3O3/c23-18-3-1-2-17(13-18)22(29)26-10-8-25(9-11-26)14-20(27)16-4-6-19-15(12-16)5-7-21(28)24-19/h1-4,6,12-13H,5,7-11,14H2,(H,24,28). The molecule has 0 saturated carbocycles. The van der Waals surface area contributed by atoms with Gasteiger partial charge in [-0.2, -0.15) is 0 Å². The van der Waals surface area contributed by atoms with Crippen LogP contribution in [-0.2, 0) is 11.2 Å². The van der Waals surface area contributed by atoms with Gasteiger partial charge in [0.2, 0.25) is 5.91 Å². The summed E-state index contributed by atoms with van der Waals surface area (Å²) in [5, 5.41) is 3.38. The fourth-order valence-electron chi connectivity index (χ4n) is 3.76. The summed E-state index contributed by atoms with van der Waals surface area (Å²) in [6, 6.07) is 12.4. The highest BCUT2D eigenvalue weighted by molar-refractivity contribution is 6.30. The number of benzene rings is 2. The molecule has 150 valence electrons. The van der Waals surface area contributed by atoms with Crippen LogP contribution in [0.4, 0.5) is 5.69 Å². The Balaban J connectivity index is 1.33. The second-order valence-corrected chi connectivity index (χ2v) is 7.86. The zero-order chi connectivity index (χ0) is 20.4. The first-order valence-corrected chi connectivity index (χ1v) is 10.1. The van der Waals surface area contributed by atoms with Crippen LogP contribution >= 0.6 is 11.6 Å². The number of nitrogens with one attached hydrogen (secondary N) is 1. The lowest BCUT2D eigenvalue weighted by molar-refractivity contribution is -0.116. The number of aryl methyl sites for hydroxylation is 1. The van der Waals surface area contributed by atoms with Gasteiger partial charge in [0.25, 0.3) is 5.91 Å². The zero-order valence-electron chi connectivity index (χ0n) is 16.0. The minimum absolute atomic E-state index is 0.0155. The normalized spacial score (nSPS) is 16.9. The summed E-state index contributed by atoms with van der Waals surface area (Å²) in [5.41, 5.74) is 3.05. The van der Waals surface area contributed by atoms with Gasteiger partial charge in [-0.05, 0) is 48.4 Å². The van der Waals surface area contributed by atoms with Crippen LogP contribution in [0.5, 0.6) is 0 Å². The Morgan fingerprint density at radius 1 is 0.966 bits per heavy atom. The van der Waals surface area contributed by atoms with E-state index in [-0.39, 0.29) is 17.6 Å². The quantitative estimate of drug-likeness (QED) is 0.785. The first-order chi connectivity index (χ1) is 14.0. The van der Waals surface area contributed by atoms with Crippen molar-refractivity contribution in [3.63, 3.8) is 0 Å². The number of fused-ring (bicyclic) bond motifs is 1. The van der Waals surface area contributed by atoms with E-state index in [1.54, 1.807) is 41.3 Å². The number of halogens is 1. The minimum Gasteiger partial charge on any atom is -0.336 e. The number of amides is 2. The van der Waals surface area contributed by atoms with Gasteiger partial charge in [-0.1, -0.05) is 17.7 Å². The van der Waals surface area contributed by atoms with Crippen molar-refractivity contribution in [2.75, 3.05) is 38.0 Å². The molecule has 0 aliphatic carbocycles. The van der Waals surface area contributed by atoms with E-state index < -0.39 is 0 Å². The molecule has 2 aliphatic rings. The molecule has 6 nitrogen and oxygen atoms in total. The monoisotopic (exact) mass is 411 g/mol. The van der Waals surface area contributed by atoms with Crippen molar-refractivity contribution in [3.8, 4) is 0 Å². The number of hydrogen-bond acceptors (Lipinski definition) is 4. The van der Waals surface area contributed by atoms with Gasteiger partial charge in [0.05, 0.1) is 6.54 Å². The van der Waals surface area contributed by atoms with Gasteiger partial charge in [0, 0.05) is 54.4 Å². The molecule has 2 heterocycles. The van der Waals surface area contributed by atoms with Gasteiger partial charge in [-0.3, -0.25) is 19.3 Å². The first kappa shape index (κ1) is 19.6. The topological polar surface area (TPSA) is 69.7 Å². The van der Waals surface area contributed by atoms with Gasteiger partial charge in [0.15, 0.2) is 5.78 Å². The summed E-state index contributed by atoms with van der Waals surface area (Å²) < 4.78 is 0. The van der Waals surface area contributed by atoms with Crippen molar-refractivity contribution >= 4 is 34.9 Å². The van der Waals surface area contributed by atoms with Crippen LogP contribution in [-0.4, -0.2) is 60.1 Å². The largest absolute Gasteiger partial charge is 0.336 e. The predicted octanol–water partition coefficient (Wildman–Crippen LogP) is 2.87. The van der Waals surface area contributed by atoms with Crippen molar-refractivity contribution in [3.05, 3.63) is 64.2 Å². The number of hydrogen-bond donors (Lipinski definition) is 1. The molecule has 0 aromatic heterocycles. The Hall–Kier alpha value is -2.70. The minimum atomic E-state index is -0.0322. The molecule has 2 aliphatic heterocycles. The number of ketones is 1. The van der Waals surface area contributed by atoms with Gasteiger partial charge in [0.1, 0.15) is 0 Å². The van der Waals surface area contributed by atoms with E-state index in [0.717, 1.165) is 11.3 Å². The molecular formula is C22H22ClN3O3. The second kappa shape index (κ2) is 8.35. The maximum Gasteiger partial charge on any atom is 0.253 e. The molecule has 1 fully saturated rings. The number of anilines is 1. The van der Waals surface area contributed by atoms with E-state index in [9.17, 15) is 14.4 Å². The van der Waals surface area contributed by atoms with Crippen LogP contribution in [0, 0.1) is 0 Å². The molecule has 2 aromatic rings. The van der Waals surface area contributed by atoms with Crippen molar-refractivity contribution in [1.82, 2.24) is 9.80 Å². The Bertz CT molecular complexity index is 968. The Kier molecular flexibility index (Phi) is 5.65. The first-order valence-electron chi connectivity index (χ1n) is 9.73. The molecule has 1 N–H and O–H groups in total. The molecule has 0 spiro atoms. The number of carbonyl (C=O) groups is 3. The van der Waals surface area contributed by atoms with Crippen LogP contribution in [0.3, 0.4) is 0 Å². The van der Waals surface area contributed by atoms with Gasteiger partial charge in [-0.25, -0.2) is 0 Å². The highest BCUT2D eigenvalue weighted by Gasteiger charge is 2.24. The Labute approximate surface area is 174 Å². The zero-order valence-corrected chi connectivity index (χ0v) is 16.7. The molecular weight excluding hydrogens is 390 g/mol. The van der Waals surface area contributed by atoms with E-state index in [0.29, 0.717) is 61.7 Å². The van der Waals surface area contributed by atoms with E-state index >= 15 is 0 Å². The smallest absolute Gasteiger partial charge is 0.253 e. The molecule has 1 saturated heterocycles. The summed E-state index contributed by atoms with van der Waals surface area (Å²) in [6.45, 7) is 2.78. The molecule has 0 radical (unpaired) electrons. The van der Waals surface area contributed by atoms with Crippen LogP contribution < -0.4 is 5.32 Å². The third-order valence-corrected chi connectivity index (χ3v) is 5.66. The predicted molar refractivity (Wildman–Crippen MR) is 112 cm³/mol. The molecule has 2 amide bonds. The summed E-state index contributed by atoms with van der Waals surface area (Å²) in [6.07, 6.45) is 1.11. The van der Waals surface area contributed by atoms with Crippen molar-refractivity contribution in [2.45, 2.75) is 12.8 Å². The lowest BCUT2D eigenvalue weighted by Gasteiger charge is -2.34. The van der Waals surface area contributed by atoms with Crippen molar-refractivity contribution < 1.29 is 14.4 Å². The Morgan fingerprint density at radius 2 is 1.76 bits per heavy atom. The third-order valence-electron chi connectivity index (χ3n) is 5.42. The molecule has 2 aromatic carbocycles. The molecule has 29 heavy (non-hydrogen) atoms. The van der Waals surface area contributed by atoms with Gasteiger partial charge < -0.3 is 10.2 Å². The van der Waals surface area contributed by atoms with E-state index in [1.165, 1.54) is 0 Å². The Morgan fingerprint density at radius 3 is 2.52 bits per heavy atom. The average molecular weight is 412 g/mol. The maximum atomic E-state index is 12.7. The summed E-state index contributed by atoms with van der Waals surface area (Å²) >= 11 is 5.98. The van der Waals surface area contributed by atoms with Crippen LogP contribution in [0.2, 0.25) is 5.02 Å². The fourth-order valence-corrected chi connectivity index (χ4v) is 3.95. The summed E-state index contributed by atoms with van der Waals surface area (Å²) in [5.74, 6) is 0.0382. The molecule has 0 atom stereocenters.